The average Bonchev–Trinajstić information content (AvgIpc) is 3.38. The summed E-state index contributed by atoms with van der Waals surface area (Å²) >= 11 is 0. The number of nitrogens with one attached hydrogen (secondary N) is 1. The van der Waals surface area contributed by atoms with Crippen LogP contribution in [0.2, 0.25) is 0 Å². The summed E-state index contributed by atoms with van der Waals surface area (Å²) in [5, 5.41) is 6.79. The fourth-order valence-corrected chi connectivity index (χ4v) is 3.14. The lowest BCUT2D eigenvalue weighted by atomic mass is 10.2. The summed E-state index contributed by atoms with van der Waals surface area (Å²) in [5.74, 6) is 1.09. The number of hydrogen-bond acceptors (Lipinski definition) is 5. The molecule has 0 spiro atoms. The maximum absolute atomic E-state index is 12.2. The van der Waals surface area contributed by atoms with Gasteiger partial charge in [-0.2, -0.15) is 0 Å². The van der Waals surface area contributed by atoms with Crippen LogP contribution in [0.4, 0.5) is 0 Å². The van der Waals surface area contributed by atoms with Crippen LogP contribution in [0.5, 0.6) is 0 Å². The van der Waals surface area contributed by atoms with E-state index in [1.165, 1.54) is 5.56 Å². The van der Waals surface area contributed by atoms with Crippen molar-refractivity contribution in [2.24, 2.45) is 0 Å². The lowest BCUT2D eigenvalue weighted by molar-refractivity contribution is -0.0293. The fourth-order valence-electron chi connectivity index (χ4n) is 3.14. The summed E-state index contributed by atoms with van der Waals surface area (Å²) in [6, 6.07) is 12.2. The Bertz CT molecular complexity index is 712. The minimum Gasteiger partial charge on any atom is -0.374 e. The number of nitrogens with zero attached hydrogens (tertiary/aromatic N) is 2. The van der Waals surface area contributed by atoms with E-state index in [0.29, 0.717) is 24.8 Å². The maximum atomic E-state index is 12.2. The molecule has 2 fully saturated rings. The van der Waals surface area contributed by atoms with Gasteiger partial charge in [-0.1, -0.05) is 35.5 Å². The zero-order valence-electron chi connectivity index (χ0n) is 14.2. The van der Waals surface area contributed by atoms with Crippen LogP contribution in [0.15, 0.2) is 40.9 Å². The van der Waals surface area contributed by atoms with Crippen molar-refractivity contribution in [1.29, 1.82) is 0 Å². The molecule has 2 aromatic rings. The number of carbonyl (C=O) groups is 1. The van der Waals surface area contributed by atoms with E-state index < -0.39 is 0 Å². The first-order valence-electron chi connectivity index (χ1n) is 8.90. The third kappa shape index (κ3) is 4.27. The highest BCUT2D eigenvalue weighted by molar-refractivity contribution is 5.92. The third-order valence-electron chi connectivity index (χ3n) is 4.70. The first-order valence-corrected chi connectivity index (χ1v) is 8.90. The Kier molecular flexibility index (Phi) is 4.81. The number of ether oxygens (including phenoxy) is 1. The van der Waals surface area contributed by atoms with Gasteiger partial charge in [0.25, 0.3) is 5.91 Å². The number of benzene rings is 1. The lowest BCUT2D eigenvalue weighted by Gasteiger charge is -2.33. The molecule has 6 nitrogen and oxygen atoms in total. The molecule has 1 aromatic carbocycles. The van der Waals surface area contributed by atoms with E-state index >= 15 is 0 Å². The highest BCUT2D eigenvalue weighted by atomic mass is 16.5. The van der Waals surface area contributed by atoms with Crippen LogP contribution in [0, 0.1) is 0 Å². The first-order chi connectivity index (χ1) is 12.3. The molecule has 132 valence electrons. The molecule has 1 N–H and O–H groups in total. The van der Waals surface area contributed by atoms with Crippen molar-refractivity contribution in [3.8, 4) is 0 Å². The van der Waals surface area contributed by atoms with E-state index in [2.05, 4.69) is 39.6 Å². The number of carbonyl (C=O) groups excluding carboxylic acids is 1. The average molecular weight is 341 g/mol. The summed E-state index contributed by atoms with van der Waals surface area (Å²) in [7, 11) is 0. The molecule has 0 radical (unpaired) electrons. The van der Waals surface area contributed by atoms with Crippen LogP contribution in [0.1, 0.15) is 40.6 Å². The SMILES string of the molecule is O=C(NCC1CN(Cc2ccccc2)CCO1)c1cc(C2CC2)on1. The Morgan fingerprint density at radius 2 is 2.12 bits per heavy atom. The van der Waals surface area contributed by atoms with Gasteiger partial charge >= 0.3 is 0 Å². The van der Waals surface area contributed by atoms with Crippen molar-refractivity contribution in [3.63, 3.8) is 0 Å². The van der Waals surface area contributed by atoms with Crippen LogP contribution in [0.25, 0.3) is 0 Å². The van der Waals surface area contributed by atoms with Gasteiger partial charge in [-0.3, -0.25) is 9.69 Å². The summed E-state index contributed by atoms with van der Waals surface area (Å²) < 4.78 is 11.0. The maximum Gasteiger partial charge on any atom is 0.273 e. The van der Waals surface area contributed by atoms with E-state index in [1.807, 2.05) is 6.07 Å². The molecular weight excluding hydrogens is 318 g/mol. The summed E-state index contributed by atoms with van der Waals surface area (Å²) in [6.45, 7) is 3.79. The smallest absolute Gasteiger partial charge is 0.273 e. The molecule has 1 saturated heterocycles. The van der Waals surface area contributed by atoms with Gasteiger partial charge in [-0.25, -0.2) is 0 Å². The van der Waals surface area contributed by atoms with Crippen LogP contribution in [-0.4, -0.2) is 48.3 Å². The van der Waals surface area contributed by atoms with Crippen LogP contribution < -0.4 is 5.32 Å². The molecular formula is C19H23N3O3. The number of rotatable bonds is 6. The Hall–Kier alpha value is -2.18. The summed E-state index contributed by atoms with van der Waals surface area (Å²) in [6.07, 6.45) is 2.25. The van der Waals surface area contributed by atoms with Gasteiger partial charge in [-0.15, -0.1) is 0 Å². The summed E-state index contributed by atoms with van der Waals surface area (Å²) in [5.41, 5.74) is 1.65. The van der Waals surface area contributed by atoms with E-state index in [0.717, 1.165) is 38.2 Å². The second-order valence-corrected chi connectivity index (χ2v) is 6.81. The lowest BCUT2D eigenvalue weighted by Crippen LogP contribution is -2.47. The predicted molar refractivity (Wildman–Crippen MR) is 92.3 cm³/mol. The van der Waals surface area contributed by atoms with E-state index in [4.69, 9.17) is 9.26 Å². The molecule has 1 aliphatic heterocycles. The Morgan fingerprint density at radius 1 is 1.28 bits per heavy atom. The number of aromatic nitrogens is 1. The second-order valence-electron chi connectivity index (χ2n) is 6.81. The van der Waals surface area contributed by atoms with Gasteiger partial charge in [-0.05, 0) is 18.4 Å². The fraction of sp³-hybridized carbons (Fsp3) is 0.474. The van der Waals surface area contributed by atoms with Gasteiger partial charge in [0, 0.05) is 38.2 Å². The first kappa shape index (κ1) is 16.3. The quantitative estimate of drug-likeness (QED) is 0.872. The highest BCUT2D eigenvalue weighted by Crippen LogP contribution is 2.40. The van der Waals surface area contributed by atoms with Crippen molar-refractivity contribution in [2.45, 2.75) is 31.4 Å². The Morgan fingerprint density at radius 3 is 2.92 bits per heavy atom. The zero-order chi connectivity index (χ0) is 17.1. The minimum atomic E-state index is -0.195. The second kappa shape index (κ2) is 7.37. The zero-order valence-corrected chi connectivity index (χ0v) is 14.2. The van der Waals surface area contributed by atoms with Crippen LogP contribution in [0.3, 0.4) is 0 Å². The molecule has 2 aliphatic rings. The molecule has 4 rings (SSSR count). The Labute approximate surface area is 147 Å². The molecule has 0 bridgehead atoms. The van der Waals surface area contributed by atoms with Crippen molar-refractivity contribution < 1.29 is 14.1 Å². The normalized spacial score (nSPS) is 21.2. The Balaban J connectivity index is 1.26. The van der Waals surface area contributed by atoms with Crippen molar-refractivity contribution in [3.05, 3.63) is 53.4 Å². The largest absolute Gasteiger partial charge is 0.374 e. The monoisotopic (exact) mass is 341 g/mol. The molecule has 1 aromatic heterocycles. The van der Waals surface area contributed by atoms with Gasteiger partial charge in [0.1, 0.15) is 5.76 Å². The number of morpholine rings is 1. The van der Waals surface area contributed by atoms with Crippen molar-refractivity contribution in [2.75, 3.05) is 26.2 Å². The number of amides is 1. The standard InChI is InChI=1S/C19H23N3O3/c23-19(17-10-18(25-21-17)15-6-7-15)20-11-16-13-22(8-9-24-16)12-14-4-2-1-3-5-14/h1-5,10,15-16H,6-9,11-13H2,(H,20,23). The van der Waals surface area contributed by atoms with E-state index in [1.54, 1.807) is 6.07 Å². The number of hydrogen-bond donors (Lipinski definition) is 1. The van der Waals surface area contributed by atoms with Crippen LogP contribution in [-0.2, 0) is 11.3 Å². The molecule has 2 heterocycles. The van der Waals surface area contributed by atoms with E-state index in [9.17, 15) is 4.79 Å². The minimum absolute atomic E-state index is 0.00350. The van der Waals surface area contributed by atoms with Gasteiger partial charge < -0.3 is 14.6 Å². The molecule has 1 unspecified atom stereocenters. The molecule has 6 heteroatoms. The summed E-state index contributed by atoms with van der Waals surface area (Å²) in [4.78, 5) is 14.6. The van der Waals surface area contributed by atoms with Crippen molar-refractivity contribution >= 4 is 5.91 Å². The van der Waals surface area contributed by atoms with Gasteiger partial charge in [0.15, 0.2) is 5.69 Å². The van der Waals surface area contributed by atoms with Crippen LogP contribution >= 0.6 is 0 Å². The third-order valence-corrected chi connectivity index (χ3v) is 4.70. The molecule has 1 amide bonds. The predicted octanol–water partition coefficient (Wildman–Crippen LogP) is 2.18. The van der Waals surface area contributed by atoms with Gasteiger partial charge in [0.2, 0.25) is 0 Å². The van der Waals surface area contributed by atoms with Gasteiger partial charge in [0.05, 0.1) is 12.7 Å². The van der Waals surface area contributed by atoms with Crippen molar-refractivity contribution in [1.82, 2.24) is 15.4 Å². The molecule has 1 atom stereocenters. The molecule has 1 aliphatic carbocycles. The topological polar surface area (TPSA) is 67.6 Å². The van der Waals surface area contributed by atoms with E-state index in [-0.39, 0.29) is 12.0 Å². The highest BCUT2D eigenvalue weighted by Gasteiger charge is 2.29. The molecule has 1 saturated carbocycles. The molecule has 25 heavy (non-hydrogen) atoms.